The summed E-state index contributed by atoms with van der Waals surface area (Å²) < 4.78 is 21.7. The normalized spacial score (nSPS) is 15.6. The number of benzene rings is 1. The Morgan fingerprint density at radius 3 is 2.14 bits per heavy atom. The third-order valence-corrected chi connectivity index (χ3v) is 3.52. The predicted molar refractivity (Wildman–Crippen MR) is 80.9 cm³/mol. The molecule has 0 bridgehead atoms. The van der Waals surface area contributed by atoms with Crippen LogP contribution in [0.15, 0.2) is 12.1 Å². The average Bonchev–Trinajstić information content (AvgIpc) is 2.54. The maximum atomic E-state index is 5.82. The molecule has 0 atom stereocenters. The Morgan fingerprint density at radius 2 is 1.62 bits per heavy atom. The summed E-state index contributed by atoms with van der Waals surface area (Å²) in [4.78, 5) is 2.38. The van der Waals surface area contributed by atoms with Gasteiger partial charge in [0.05, 0.1) is 21.3 Å². The van der Waals surface area contributed by atoms with E-state index in [1.807, 2.05) is 12.1 Å². The largest absolute Gasteiger partial charge is 0.493 e. The van der Waals surface area contributed by atoms with Crippen LogP contribution in [-0.2, 0) is 0 Å². The van der Waals surface area contributed by atoms with Gasteiger partial charge in [-0.1, -0.05) is 0 Å². The molecule has 1 aliphatic rings. The van der Waals surface area contributed by atoms with Crippen LogP contribution in [0, 0.1) is 0 Å². The average molecular weight is 296 g/mol. The Kier molecular flexibility index (Phi) is 5.95. The van der Waals surface area contributed by atoms with Crippen molar-refractivity contribution in [1.29, 1.82) is 0 Å². The van der Waals surface area contributed by atoms with Crippen molar-refractivity contribution in [2.24, 2.45) is 0 Å². The Morgan fingerprint density at radius 1 is 1.00 bits per heavy atom. The van der Waals surface area contributed by atoms with Crippen molar-refractivity contribution in [1.82, 2.24) is 10.2 Å². The number of ether oxygens (including phenoxy) is 4. The van der Waals surface area contributed by atoms with Gasteiger partial charge in [-0.2, -0.15) is 0 Å². The molecule has 2 rings (SSSR count). The number of piperazine rings is 1. The first-order chi connectivity index (χ1) is 10.3. The topological polar surface area (TPSA) is 52.2 Å². The summed E-state index contributed by atoms with van der Waals surface area (Å²) in [5.41, 5.74) is 0. The van der Waals surface area contributed by atoms with Crippen LogP contribution in [0.2, 0.25) is 0 Å². The van der Waals surface area contributed by atoms with E-state index in [4.69, 9.17) is 18.9 Å². The second-order valence-electron chi connectivity index (χ2n) is 4.80. The van der Waals surface area contributed by atoms with Gasteiger partial charge in [0.25, 0.3) is 0 Å². The van der Waals surface area contributed by atoms with Gasteiger partial charge in [-0.15, -0.1) is 0 Å². The monoisotopic (exact) mass is 296 g/mol. The molecule has 1 N–H and O–H groups in total. The molecular formula is C15H24N2O4. The van der Waals surface area contributed by atoms with Crippen LogP contribution in [0.5, 0.6) is 23.0 Å². The van der Waals surface area contributed by atoms with E-state index in [2.05, 4.69) is 10.2 Å². The Balaban J connectivity index is 1.95. The van der Waals surface area contributed by atoms with Crippen molar-refractivity contribution in [2.45, 2.75) is 0 Å². The molecular weight excluding hydrogens is 272 g/mol. The van der Waals surface area contributed by atoms with Crippen LogP contribution in [0.25, 0.3) is 0 Å². The number of hydrogen-bond acceptors (Lipinski definition) is 6. The number of hydrogen-bond donors (Lipinski definition) is 1. The van der Waals surface area contributed by atoms with Crippen LogP contribution < -0.4 is 24.3 Å². The minimum atomic E-state index is 0.578. The molecule has 118 valence electrons. The zero-order chi connectivity index (χ0) is 15.1. The molecule has 0 unspecified atom stereocenters. The number of nitrogens with zero attached hydrogens (tertiary/aromatic N) is 1. The van der Waals surface area contributed by atoms with Gasteiger partial charge in [0.2, 0.25) is 5.75 Å². The Bertz CT molecular complexity index is 422. The molecule has 6 nitrogen and oxygen atoms in total. The first-order valence-electron chi connectivity index (χ1n) is 7.14. The molecule has 1 aromatic carbocycles. The van der Waals surface area contributed by atoms with Gasteiger partial charge >= 0.3 is 0 Å². The lowest BCUT2D eigenvalue weighted by molar-refractivity contribution is 0.190. The molecule has 6 heteroatoms. The van der Waals surface area contributed by atoms with Gasteiger partial charge in [-0.3, -0.25) is 4.90 Å². The molecule has 0 saturated carbocycles. The molecule has 1 aliphatic heterocycles. The van der Waals surface area contributed by atoms with Crippen molar-refractivity contribution in [3.8, 4) is 23.0 Å². The van der Waals surface area contributed by atoms with E-state index < -0.39 is 0 Å². The van der Waals surface area contributed by atoms with E-state index >= 15 is 0 Å². The molecule has 1 saturated heterocycles. The lowest BCUT2D eigenvalue weighted by atomic mass is 10.2. The lowest BCUT2D eigenvalue weighted by Gasteiger charge is -2.27. The lowest BCUT2D eigenvalue weighted by Crippen LogP contribution is -2.44. The highest BCUT2D eigenvalue weighted by Gasteiger charge is 2.14. The quantitative estimate of drug-likeness (QED) is 0.810. The highest BCUT2D eigenvalue weighted by Crippen LogP contribution is 2.40. The molecule has 1 aromatic rings. The molecule has 0 aliphatic carbocycles. The molecule has 0 aromatic heterocycles. The van der Waals surface area contributed by atoms with Crippen LogP contribution in [0.4, 0.5) is 0 Å². The highest BCUT2D eigenvalue weighted by molar-refractivity contribution is 5.55. The van der Waals surface area contributed by atoms with Crippen molar-refractivity contribution >= 4 is 0 Å². The number of nitrogens with one attached hydrogen (secondary N) is 1. The van der Waals surface area contributed by atoms with E-state index in [1.54, 1.807) is 21.3 Å². The van der Waals surface area contributed by atoms with Gasteiger partial charge in [0.15, 0.2) is 11.5 Å². The van der Waals surface area contributed by atoms with E-state index in [-0.39, 0.29) is 0 Å². The first kappa shape index (κ1) is 15.7. The van der Waals surface area contributed by atoms with Gasteiger partial charge in [0.1, 0.15) is 12.4 Å². The summed E-state index contributed by atoms with van der Waals surface area (Å²) in [5, 5.41) is 3.34. The van der Waals surface area contributed by atoms with Gasteiger partial charge in [-0.05, 0) is 0 Å². The molecule has 1 fully saturated rings. The second kappa shape index (κ2) is 7.95. The van der Waals surface area contributed by atoms with E-state index in [0.29, 0.717) is 23.9 Å². The smallest absolute Gasteiger partial charge is 0.203 e. The third-order valence-electron chi connectivity index (χ3n) is 3.52. The first-order valence-corrected chi connectivity index (χ1v) is 7.14. The van der Waals surface area contributed by atoms with Crippen LogP contribution in [0.1, 0.15) is 0 Å². The van der Waals surface area contributed by atoms with E-state index in [0.717, 1.165) is 38.5 Å². The standard InChI is InChI=1S/C15H24N2O4/c1-18-13-10-12(11-14(19-2)15(13)20-3)21-9-8-17-6-4-16-5-7-17/h10-11,16H,4-9H2,1-3H3. The summed E-state index contributed by atoms with van der Waals surface area (Å²) in [6.45, 7) is 5.78. The van der Waals surface area contributed by atoms with Gasteiger partial charge in [0, 0.05) is 44.9 Å². The van der Waals surface area contributed by atoms with Crippen molar-refractivity contribution < 1.29 is 18.9 Å². The van der Waals surface area contributed by atoms with E-state index in [9.17, 15) is 0 Å². The maximum Gasteiger partial charge on any atom is 0.203 e. The van der Waals surface area contributed by atoms with Gasteiger partial charge in [-0.25, -0.2) is 0 Å². The molecule has 0 amide bonds. The zero-order valence-corrected chi connectivity index (χ0v) is 13.0. The third kappa shape index (κ3) is 4.15. The van der Waals surface area contributed by atoms with Crippen molar-refractivity contribution in [3.05, 3.63) is 12.1 Å². The number of rotatable bonds is 7. The maximum absolute atomic E-state index is 5.82. The van der Waals surface area contributed by atoms with Crippen LogP contribution >= 0.6 is 0 Å². The Labute approximate surface area is 125 Å². The van der Waals surface area contributed by atoms with Crippen LogP contribution in [0.3, 0.4) is 0 Å². The summed E-state index contributed by atoms with van der Waals surface area (Å²) >= 11 is 0. The van der Waals surface area contributed by atoms with Crippen molar-refractivity contribution in [2.75, 3.05) is 60.7 Å². The SMILES string of the molecule is COc1cc(OCCN2CCNCC2)cc(OC)c1OC. The second-order valence-corrected chi connectivity index (χ2v) is 4.80. The predicted octanol–water partition coefficient (Wildman–Crippen LogP) is 0.996. The van der Waals surface area contributed by atoms with Crippen molar-refractivity contribution in [3.63, 3.8) is 0 Å². The summed E-state index contributed by atoms with van der Waals surface area (Å²) in [6.07, 6.45) is 0. The highest BCUT2D eigenvalue weighted by atomic mass is 16.5. The molecule has 0 radical (unpaired) electrons. The fourth-order valence-corrected chi connectivity index (χ4v) is 2.37. The molecule has 0 spiro atoms. The molecule has 21 heavy (non-hydrogen) atoms. The minimum Gasteiger partial charge on any atom is -0.493 e. The minimum absolute atomic E-state index is 0.578. The van der Waals surface area contributed by atoms with Crippen LogP contribution in [-0.4, -0.2) is 65.6 Å². The number of methoxy groups -OCH3 is 3. The fraction of sp³-hybridized carbons (Fsp3) is 0.600. The fourth-order valence-electron chi connectivity index (χ4n) is 2.37. The Hall–Kier alpha value is -1.66. The van der Waals surface area contributed by atoms with E-state index in [1.165, 1.54) is 0 Å². The summed E-state index contributed by atoms with van der Waals surface area (Å²) in [5.74, 6) is 2.51. The van der Waals surface area contributed by atoms with Gasteiger partial charge < -0.3 is 24.3 Å². The molecule has 1 heterocycles. The summed E-state index contributed by atoms with van der Waals surface area (Å²) in [6, 6.07) is 3.64. The summed E-state index contributed by atoms with van der Waals surface area (Å²) in [7, 11) is 4.79. The zero-order valence-electron chi connectivity index (χ0n) is 13.0.